The van der Waals surface area contributed by atoms with Crippen LogP contribution in [-0.4, -0.2) is 46.9 Å². The van der Waals surface area contributed by atoms with Crippen molar-refractivity contribution >= 4 is 11.9 Å². The topological polar surface area (TPSA) is 95.9 Å². The second-order valence-electron chi connectivity index (χ2n) is 19.7. The summed E-state index contributed by atoms with van der Waals surface area (Å²) in [5, 5.41) is 23.9. The smallest absolute Gasteiger partial charge is 0.306 e. The Morgan fingerprint density at radius 1 is 0.455 bits per heavy atom. The van der Waals surface area contributed by atoms with Crippen LogP contribution in [0.3, 0.4) is 0 Å². The van der Waals surface area contributed by atoms with Crippen molar-refractivity contribution in [2.24, 2.45) is 0 Å². The fraction of sp³-hybridized carbons (Fsp3) is 0.833. The van der Waals surface area contributed by atoms with E-state index in [-0.39, 0.29) is 24.9 Å². The summed E-state index contributed by atoms with van der Waals surface area (Å²) < 4.78 is 5.94. The molecular formula is C60H111NO5. The zero-order valence-corrected chi connectivity index (χ0v) is 44.1. The van der Waals surface area contributed by atoms with E-state index in [0.717, 1.165) is 77.0 Å². The van der Waals surface area contributed by atoms with Crippen molar-refractivity contribution in [2.75, 3.05) is 6.61 Å². The minimum atomic E-state index is -0.798. The van der Waals surface area contributed by atoms with E-state index < -0.39 is 18.2 Å². The summed E-state index contributed by atoms with van der Waals surface area (Å²) in [5.41, 5.74) is 0. The van der Waals surface area contributed by atoms with Gasteiger partial charge < -0.3 is 20.3 Å². The van der Waals surface area contributed by atoms with E-state index in [1.54, 1.807) is 0 Å². The predicted molar refractivity (Wildman–Crippen MR) is 287 cm³/mol. The molecule has 0 aliphatic carbocycles. The highest BCUT2D eigenvalue weighted by atomic mass is 16.5. The molecule has 0 saturated heterocycles. The van der Waals surface area contributed by atoms with E-state index in [1.807, 2.05) is 0 Å². The van der Waals surface area contributed by atoms with Gasteiger partial charge in [0.15, 0.2) is 0 Å². The number of amides is 1. The van der Waals surface area contributed by atoms with E-state index in [0.29, 0.717) is 19.3 Å². The number of aliphatic hydroxyl groups is 2. The Hall–Kier alpha value is -2.18. The summed E-state index contributed by atoms with van der Waals surface area (Å²) in [6.07, 6.45) is 66.1. The van der Waals surface area contributed by atoms with Crippen molar-refractivity contribution < 1.29 is 24.5 Å². The molecule has 0 heterocycles. The number of nitrogens with one attached hydrogen (secondary N) is 1. The van der Waals surface area contributed by atoms with Gasteiger partial charge in [0.25, 0.3) is 0 Å². The van der Waals surface area contributed by atoms with E-state index >= 15 is 0 Å². The SMILES string of the molecule is CC/C=C/C/C=C/C/C=C/CCCCC(CC(=O)NC(CO)C(O)CCCCCCCCCCCCCCCCCC)OC(=O)CCCCCCCCCCC/C=C/CCCCCCCC. The lowest BCUT2D eigenvalue weighted by atomic mass is 10.0. The Kier molecular flexibility index (Phi) is 52.0. The fourth-order valence-electron chi connectivity index (χ4n) is 8.79. The van der Waals surface area contributed by atoms with Crippen LogP contribution in [0.2, 0.25) is 0 Å². The maximum atomic E-state index is 13.2. The zero-order valence-electron chi connectivity index (χ0n) is 44.1. The van der Waals surface area contributed by atoms with Crippen LogP contribution in [0.4, 0.5) is 0 Å². The van der Waals surface area contributed by atoms with Crippen LogP contribution in [0.5, 0.6) is 0 Å². The second kappa shape index (κ2) is 53.8. The molecule has 3 atom stereocenters. The van der Waals surface area contributed by atoms with Crippen LogP contribution in [0.1, 0.15) is 297 Å². The fourth-order valence-corrected chi connectivity index (χ4v) is 8.79. The van der Waals surface area contributed by atoms with Gasteiger partial charge >= 0.3 is 5.97 Å². The molecule has 386 valence electrons. The minimum absolute atomic E-state index is 0.0522. The lowest BCUT2D eigenvalue weighted by Gasteiger charge is -2.24. The summed E-state index contributed by atoms with van der Waals surface area (Å²) in [5.74, 6) is -0.505. The molecule has 0 bridgehead atoms. The molecule has 0 rings (SSSR count). The number of ether oxygens (including phenoxy) is 1. The van der Waals surface area contributed by atoms with E-state index in [9.17, 15) is 19.8 Å². The molecule has 0 aromatic rings. The number of esters is 1. The molecule has 0 saturated carbocycles. The molecule has 6 nitrogen and oxygen atoms in total. The maximum absolute atomic E-state index is 13.2. The van der Waals surface area contributed by atoms with Gasteiger partial charge in [-0.1, -0.05) is 249 Å². The monoisotopic (exact) mass is 926 g/mol. The number of rotatable bonds is 52. The number of allylic oxidation sites excluding steroid dienone is 8. The average molecular weight is 927 g/mol. The van der Waals surface area contributed by atoms with Gasteiger partial charge in [-0.05, 0) is 83.5 Å². The molecule has 0 aliphatic rings. The molecular weight excluding hydrogens is 815 g/mol. The van der Waals surface area contributed by atoms with Crippen LogP contribution < -0.4 is 5.32 Å². The van der Waals surface area contributed by atoms with E-state index in [4.69, 9.17) is 4.74 Å². The van der Waals surface area contributed by atoms with Crippen molar-refractivity contribution in [1.82, 2.24) is 5.32 Å². The van der Waals surface area contributed by atoms with E-state index in [2.05, 4.69) is 74.7 Å². The minimum Gasteiger partial charge on any atom is -0.462 e. The highest BCUT2D eigenvalue weighted by molar-refractivity contribution is 5.77. The molecule has 3 N–H and O–H groups in total. The van der Waals surface area contributed by atoms with Crippen LogP contribution in [-0.2, 0) is 14.3 Å². The number of hydrogen-bond acceptors (Lipinski definition) is 5. The molecule has 66 heavy (non-hydrogen) atoms. The quantitative estimate of drug-likeness (QED) is 0.0321. The summed E-state index contributed by atoms with van der Waals surface area (Å²) >= 11 is 0. The van der Waals surface area contributed by atoms with Gasteiger partial charge in [0, 0.05) is 6.42 Å². The third-order valence-corrected chi connectivity index (χ3v) is 13.1. The Balaban J connectivity index is 4.49. The summed E-state index contributed by atoms with van der Waals surface area (Å²) in [6, 6.07) is -0.714. The van der Waals surface area contributed by atoms with Gasteiger partial charge in [-0.3, -0.25) is 9.59 Å². The molecule has 1 amide bonds. The lowest BCUT2D eigenvalue weighted by molar-refractivity contribution is -0.151. The normalized spacial score (nSPS) is 13.5. The van der Waals surface area contributed by atoms with Gasteiger partial charge in [-0.25, -0.2) is 0 Å². The summed E-state index contributed by atoms with van der Waals surface area (Å²) in [6.45, 7) is 6.38. The van der Waals surface area contributed by atoms with Gasteiger partial charge in [0.1, 0.15) is 6.10 Å². The lowest BCUT2D eigenvalue weighted by Crippen LogP contribution is -2.46. The highest BCUT2D eigenvalue weighted by Gasteiger charge is 2.24. The van der Waals surface area contributed by atoms with Crippen molar-refractivity contribution in [3.8, 4) is 0 Å². The molecule has 0 spiro atoms. The van der Waals surface area contributed by atoms with Gasteiger partial charge in [0.05, 0.1) is 25.2 Å². The molecule has 0 aliphatic heterocycles. The average Bonchev–Trinajstić information content (AvgIpc) is 3.31. The predicted octanol–water partition coefficient (Wildman–Crippen LogP) is 17.8. The van der Waals surface area contributed by atoms with Crippen molar-refractivity contribution in [2.45, 2.75) is 315 Å². The Morgan fingerprint density at radius 2 is 0.818 bits per heavy atom. The van der Waals surface area contributed by atoms with Gasteiger partial charge in [0.2, 0.25) is 5.91 Å². The van der Waals surface area contributed by atoms with Crippen LogP contribution in [0.25, 0.3) is 0 Å². The third-order valence-electron chi connectivity index (χ3n) is 13.1. The standard InChI is InChI=1S/C60H111NO5/c1-4-7-10-13-16-19-22-25-27-29-30-31-33-35-38-41-44-47-50-53-60(65)66-56(51-48-45-42-39-36-24-21-18-15-12-9-6-3)54-59(64)61-57(55-62)58(63)52-49-46-43-40-37-34-32-28-26-23-20-17-14-11-8-5-2/h9,12,18,21,25,27,36,39,56-58,62-63H,4-8,10-11,13-17,19-20,22-24,26,28-35,37-38,40-55H2,1-3H3,(H,61,64)/b12-9+,21-18+,27-25+,39-36+. The molecule has 3 unspecified atom stereocenters. The second-order valence-corrected chi connectivity index (χ2v) is 19.7. The molecule has 0 radical (unpaired) electrons. The molecule has 0 fully saturated rings. The van der Waals surface area contributed by atoms with Crippen molar-refractivity contribution in [3.63, 3.8) is 0 Å². The zero-order chi connectivity index (χ0) is 48.1. The maximum Gasteiger partial charge on any atom is 0.306 e. The number of carbonyl (C=O) groups is 2. The third kappa shape index (κ3) is 48.3. The van der Waals surface area contributed by atoms with Crippen LogP contribution in [0.15, 0.2) is 48.6 Å². The van der Waals surface area contributed by atoms with Crippen LogP contribution >= 0.6 is 0 Å². The largest absolute Gasteiger partial charge is 0.462 e. The van der Waals surface area contributed by atoms with Gasteiger partial charge in [-0.2, -0.15) is 0 Å². The molecule has 0 aromatic heterocycles. The number of carbonyl (C=O) groups excluding carboxylic acids is 2. The Labute approximate surface area is 410 Å². The number of hydrogen-bond donors (Lipinski definition) is 3. The molecule has 0 aromatic carbocycles. The molecule has 6 heteroatoms. The highest BCUT2D eigenvalue weighted by Crippen LogP contribution is 2.18. The van der Waals surface area contributed by atoms with Crippen molar-refractivity contribution in [1.29, 1.82) is 0 Å². The Morgan fingerprint density at radius 3 is 1.27 bits per heavy atom. The Bertz CT molecular complexity index is 1130. The summed E-state index contributed by atoms with van der Waals surface area (Å²) in [7, 11) is 0. The first kappa shape index (κ1) is 63.8. The first-order chi connectivity index (χ1) is 32.5. The summed E-state index contributed by atoms with van der Waals surface area (Å²) in [4.78, 5) is 26.2. The van der Waals surface area contributed by atoms with Gasteiger partial charge in [-0.15, -0.1) is 0 Å². The first-order valence-corrected chi connectivity index (χ1v) is 28.9. The number of unbranched alkanes of at least 4 members (excludes halogenated alkanes) is 32. The van der Waals surface area contributed by atoms with E-state index in [1.165, 1.54) is 173 Å². The first-order valence-electron chi connectivity index (χ1n) is 28.9. The van der Waals surface area contributed by atoms with Crippen LogP contribution in [0, 0.1) is 0 Å². The van der Waals surface area contributed by atoms with Crippen molar-refractivity contribution in [3.05, 3.63) is 48.6 Å². The number of aliphatic hydroxyl groups excluding tert-OH is 2.